The molecule has 0 bridgehead atoms. The molecular weight excluding hydrogens is 174 g/mol. The second kappa shape index (κ2) is 7.80. The molecule has 0 aromatic heterocycles. The first-order valence-corrected chi connectivity index (χ1v) is 5.60. The number of rotatable bonds is 8. The van der Waals surface area contributed by atoms with Gasteiger partial charge in [-0.1, -0.05) is 33.1 Å². The molecule has 0 aliphatic heterocycles. The molecule has 0 aromatic rings. The Balaban J connectivity index is 3.45. The van der Waals surface area contributed by atoms with Crippen LogP contribution in [0.15, 0.2) is 0 Å². The number of nitrogens with zero attached hydrogens (tertiary/aromatic N) is 1. The van der Waals surface area contributed by atoms with Crippen molar-refractivity contribution in [2.45, 2.75) is 39.5 Å². The molecule has 14 heavy (non-hydrogen) atoms. The maximum atomic E-state index is 7.29. The Labute approximate surface area is 88.2 Å². The molecule has 0 radical (unpaired) electrons. The number of unbranched alkanes of at least 4 members (excludes halogenated alkanes) is 3. The maximum Gasteiger partial charge on any atom is 0.0947 e. The molecule has 0 heterocycles. The van der Waals surface area contributed by atoms with Gasteiger partial charge in [-0.05, 0) is 20.0 Å². The van der Waals surface area contributed by atoms with Gasteiger partial charge in [-0.15, -0.1) is 0 Å². The van der Waals surface area contributed by atoms with E-state index >= 15 is 0 Å². The number of nitrogens with one attached hydrogen (secondary N) is 1. The zero-order valence-electron chi connectivity index (χ0n) is 9.84. The fraction of sp³-hybridized carbons (Fsp3) is 0.909. The lowest BCUT2D eigenvalue weighted by atomic mass is 10.1. The van der Waals surface area contributed by atoms with E-state index < -0.39 is 0 Å². The summed E-state index contributed by atoms with van der Waals surface area (Å²) in [5, 5.41) is 7.29. The van der Waals surface area contributed by atoms with Gasteiger partial charge in [-0.3, -0.25) is 5.41 Å². The number of hydrogen-bond acceptors (Lipinski definition) is 2. The van der Waals surface area contributed by atoms with Gasteiger partial charge in [0.2, 0.25) is 0 Å². The highest BCUT2D eigenvalue weighted by Gasteiger charge is 2.08. The lowest BCUT2D eigenvalue weighted by molar-refractivity contribution is 0.305. The second-order valence-electron chi connectivity index (χ2n) is 4.18. The minimum atomic E-state index is 0.186. The molecule has 3 N–H and O–H groups in total. The summed E-state index contributed by atoms with van der Waals surface area (Å²) < 4.78 is 0. The summed E-state index contributed by atoms with van der Waals surface area (Å²) in [6.45, 7) is 6.26. The third-order valence-electron chi connectivity index (χ3n) is 2.51. The molecule has 0 spiro atoms. The Bertz CT molecular complexity index is 157. The van der Waals surface area contributed by atoms with Gasteiger partial charge in [0.1, 0.15) is 0 Å². The molecule has 0 aromatic carbocycles. The van der Waals surface area contributed by atoms with Crippen LogP contribution in [0, 0.1) is 11.3 Å². The molecule has 1 atom stereocenters. The summed E-state index contributed by atoms with van der Waals surface area (Å²) in [6, 6.07) is 0. The Kier molecular flexibility index (Phi) is 7.48. The number of hydrogen-bond donors (Lipinski definition) is 2. The monoisotopic (exact) mass is 199 g/mol. The quantitative estimate of drug-likeness (QED) is 0.357. The van der Waals surface area contributed by atoms with Crippen LogP contribution in [0.1, 0.15) is 39.5 Å². The molecule has 0 saturated carbocycles. The van der Waals surface area contributed by atoms with Gasteiger partial charge in [-0.2, -0.15) is 0 Å². The van der Waals surface area contributed by atoms with Crippen molar-refractivity contribution in [1.82, 2.24) is 4.90 Å². The van der Waals surface area contributed by atoms with Crippen LogP contribution in [-0.2, 0) is 0 Å². The zero-order valence-corrected chi connectivity index (χ0v) is 9.84. The number of nitrogens with two attached hydrogens (primary N) is 1. The summed E-state index contributed by atoms with van der Waals surface area (Å²) in [6.07, 6.45) is 5.19. The number of amidine groups is 1. The molecule has 0 aliphatic carbocycles. The van der Waals surface area contributed by atoms with Crippen LogP contribution in [-0.4, -0.2) is 30.9 Å². The standard InChI is InChI=1S/C11H25N3/c1-4-5-6-7-8-14(3)9-10(2)11(12)13/h10H,4-9H2,1-3H3,(H3,12,13). The highest BCUT2D eigenvalue weighted by Crippen LogP contribution is 2.02. The van der Waals surface area contributed by atoms with E-state index in [0.29, 0.717) is 5.84 Å². The van der Waals surface area contributed by atoms with E-state index in [-0.39, 0.29) is 5.92 Å². The highest BCUT2D eigenvalue weighted by molar-refractivity contribution is 5.79. The van der Waals surface area contributed by atoms with Gasteiger partial charge in [-0.25, -0.2) is 0 Å². The topological polar surface area (TPSA) is 53.1 Å². The van der Waals surface area contributed by atoms with Gasteiger partial charge >= 0.3 is 0 Å². The van der Waals surface area contributed by atoms with Gasteiger partial charge in [0, 0.05) is 12.5 Å². The summed E-state index contributed by atoms with van der Waals surface area (Å²) in [4.78, 5) is 2.27. The van der Waals surface area contributed by atoms with Gasteiger partial charge < -0.3 is 10.6 Å². The average molecular weight is 199 g/mol. The minimum absolute atomic E-state index is 0.186. The third-order valence-corrected chi connectivity index (χ3v) is 2.51. The van der Waals surface area contributed by atoms with E-state index in [4.69, 9.17) is 11.1 Å². The lowest BCUT2D eigenvalue weighted by Crippen LogP contribution is -2.32. The van der Waals surface area contributed by atoms with Crippen molar-refractivity contribution < 1.29 is 0 Å². The van der Waals surface area contributed by atoms with Crippen molar-refractivity contribution in [3.05, 3.63) is 0 Å². The van der Waals surface area contributed by atoms with E-state index in [1.54, 1.807) is 0 Å². The van der Waals surface area contributed by atoms with Gasteiger partial charge in [0.15, 0.2) is 0 Å². The first kappa shape index (κ1) is 13.4. The van der Waals surface area contributed by atoms with Crippen LogP contribution >= 0.6 is 0 Å². The molecule has 3 heteroatoms. The predicted octanol–water partition coefficient (Wildman–Crippen LogP) is 2.07. The maximum absolute atomic E-state index is 7.29. The van der Waals surface area contributed by atoms with E-state index in [1.165, 1.54) is 25.7 Å². The molecule has 0 saturated heterocycles. The second-order valence-corrected chi connectivity index (χ2v) is 4.18. The highest BCUT2D eigenvalue weighted by atomic mass is 15.1. The molecule has 1 unspecified atom stereocenters. The van der Waals surface area contributed by atoms with Crippen LogP contribution < -0.4 is 5.73 Å². The Morgan fingerprint density at radius 1 is 1.36 bits per heavy atom. The lowest BCUT2D eigenvalue weighted by Gasteiger charge is -2.20. The zero-order chi connectivity index (χ0) is 11.0. The fourth-order valence-corrected chi connectivity index (χ4v) is 1.47. The van der Waals surface area contributed by atoms with Crippen LogP contribution in [0.25, 0.3) is 0 Å². The Morgan fingerprint density at radius 2 is 2.00 bits per heavy atom. The van der Waals surface area contributed by atoms with E-state index in [9.17, 15) is 0 Å². The molecule has 0 aliphatic rings. The van der Waals surface area contributed by atoms with Crippen molar-refractivity contribution in [2.75, 3.05) is 20.1 Å². The van der Waals surface area contributed by atoms with Crippen LogP contribution in [0.4, 0.5) is 0 Å². The molecule has 0 rings (SSSR count). The Morgan fingerprint density at radius 3 is 2.50 bits per heavy atom. The predicted molar refractivity (Wildman–Crippen MR) is 62.7 cm³/mol. The summed E-state index contributed by atoms with van der Waals surface area (Å²) >= 11 is 0. The first-order valence-electron chi connectivity index (χ1n) is 5.60. The summed E-state index contributed by atoms with van der Waals surface area (Å²) in [5.74, 6) is 0.483. The molecular formula is C11H25N3. The van der Waals surface area contributed by atoms with Crippen molar-refractivity contribution in [3.63, 3.8) is 0 Å². The summed E-state index contributed by atoms with van der Waals surface area (Å²) in [5.41, 5.74) is 5.42. The molecule has 0 amide bonds. The molecule has 3 nitrogen and oxygen atoms in total. The van der Waals surface area contributed by atoms with E-state index in [1.807, 2.05) is 6.92 Å². The normalized spacial score (nSPS) is 13.1. The van der Waals surface area contributed by atoms with Crippen molar-refractivity contribution in [3.8, 4) is 0 Å². The largest absolute Gasteiger partial charge is 0.387 e. The first-order chi connectivity index (χ1) is 6.57. The van der Waals surface area contributed by atoms with Crippen molar-refractivity contribution in [2.24, 2.45) is 11.7 Å². The molecule has 0 fully saturated rings. The van der Waals surface area contributed by atoms with Crippen molar-refractivity contribution >= 4 is 5.84 Å². The smallest absolute Gasteiger partial charge is 0.0947 e. The van der Waals surface area contributed by atoms with Gasteiger partial charge in [0.05, 0.1) is 5.84 Å². The minimum Gasteiger partial charge on any atom is -0.387 e. The Hall–Kier alpha value is -0.570. The average Bonchev–Trinajstić information content (AvgIpc) is 2.12. The SMILES string of the molecule is CCCCCCN(C)CC(C)C(=N)N. The van der Waals surface area contributed by atoms with Crippen LogP contribution in [0.3, 0.4) is 0 Å². The van der Waals surface area contributed by atoms with E-state index in [0.717, 1.165) is 13.1 Å². The summed E-state index contributed by atoms with van der Waals surface area (Å²) in [7, 11) is 2.10. The van der Waals surface area contributed by atoms with Crippen LogP contribution in [0.2, 0.25) is 0 Å². The van der Waals surface area contributed by atoms with E-state index in [2.05, 4.69) is 18.9 Å². The fourth-order valence-electron chi connectivity index (χ4n) is 1.47. The molecule has 84 valence electrons. The third kappa shape index (κ3) is 6.89. The van der Waals surface area contributed by atoms with Crippen molar-refractivity contribution in [1.29, 1.82) is 5.41 Å². The van der Waals surface area contributed by atoms with Crippen LogP contribution in [0.5, 0.6) is 0 Å². The van der Waals surface area contributed by atoms with Gasteiger partial charge in [0.25, 0.3) is 0 Å².